The average Bonchev–Trinajstić information content (AvgIpc) is 3.19. The maximum Gasteiger partial charge on any atom is 0.272 e. The second kappa shape index (κ2) is 8.66. The van der Waals surface area contributed by atoms with Crippen LogP contribution in [0.25, 0.3) is 17.2 Å². The zero-order valence-electron chi connectivity index (χ0n) is 18.1. The number of aryl methyl sites for hydroxylation is 1. The summed E-state index contributed by atoms with van der Waals surface area (Å²) >= 11 is 0. The van der Waals surface area contributed by atoms with Crippen LogP contribution in [0.5, 0.6) is 5.75 Å². The predicted octanol–water partition coefficient (Wildman–Crippen LogP) is 4.07. The van der Waals surface area contributed by atoms with Crippen molar-refractivity contribution in [3.05, 3.63) is 90.3 Å². The molecule has 0 fully saturated rings. The first kappa shape index (κ1) is 20.6. The van der Waals surface area contributed by atoms with Crippen molar-refractivity contribution in [2.24, 2.45) is 0 Å². The Morgan fingerprint density at radius 2 is 1.97 bits per heavy atom. The van der Waals surface area contributed by atoms with Crippen molar-refractivity contribution in [1.82, 2.24) is 25.0 Å². The van der Waals surface area contributed by atoms with Gasteiger partial charge < -0.3 is 10.1 Å². The van der Waals surface area contributed by atoms with Gasteiger partial charge in [-0.05, 0) is 13.0 Å². The van der Waals surface area contributed by atoms with Gasteiger partial charge in [0.1, 0.15) is 18.2 Å². The van der Waals surface area contributed by atoms with Crippen LogP contribution in [0.3, 0.4) is 0 Å². The Balaban J connectivity index is 1.61. The third-order valence-electron chi connectivity index (χ3n) is 5.56. The quantitative estimate of drug-likeness (QED) is 0.456. The van der Waals surface area contributed by atoms with Crippen molar-refractivity contribution in [1.29, 1.82) is 0 Å². The Labute approximate surface area is 191 Å². The molecule has 5 rings (SSSR count). The summed E-state index contributed by atoms with van der Waals surface area (Å²) < 4.78 is 7.43. The second-order valence-electron chi connectivity index (χ2n) is 7.71. The lowest BCUT2D eigenvalue weighted by Gasteiger charge is -2.25. The third kappa shape index (κ3) is 3.87. The number of fused-ring (bicyclic) bond motifs is 1. The predicted molar refractivity (Wildman–Crippen MR) is 124 cm³/mol. The first-order chi connectivity index (χ1) is 16.2. The molecule has 8 nitrogen and oxygen atoms in total. The largest absolute Gasteiger partial charge is 0.489 e. The molecule has 4 aromatic rings. The molecular weight excluding hydrogens is 416 g/mol. The first-order valence-corrected chi connectivity index (χ1v) is 10.6. The molecule has 33 heavy (non-hydrogen) atoms. The van der Waals surface area contributed by atoms with Gasteiger partial charge in [-0.2, -0.15) is 14.9 Å². The Hall–Kier alpha value is -4.33. The summed E-state index contributed by atoms with van der Waals surface area (Å²) in [6.07, 6.45) is 3.59. The number of carbonyl (C=O) groups excluding carboxylic acids is 1. The Morgan fingerprint density at radius 1 is 1.18 bits per heavy atom. The van der Waals surface area contributed by atoms with E-state index in [0.717, 1.165) is 28.1 Å². The number of rotatable bonds is 6. The average molecular weight is 438 g/mol. The van der Waals surface area contributed by atoms with Gasteiger partial charge in [-0.1, -0.05) is 61.2 Å². The number of nitrogens with zero attached hydrogens (tertiary/aromatic N) is 5. The van der Waals surface area contributed by atoms with E-state index < -0.39 is 0 Å². The summed E-state index contributed by atoms with van der Waals surface area (Å²) in [4.78, 5) is 17.4. The van der Waals surface area contributed by atoms with E-state index in [1.807, 2.05) is 61.5 Å². The van der Waals surface area contributed by atoms with Gasteiger partial charge in [0, 0.05) is 29.0 Å². The van der Waals surface area contributed by atoms with Gasteiger partial charge in [0.15, 0.2) is 0 Å². The van der Waals surface area contributed by atoms with Crippen molar-refractivity contribution in [2.45, 2.75) is 19.3 Å². The number of amides is 1. The molecule has 1 aliphatic rings. The van der Waals surface area contributed by atoms with E-state index in [1.54, 1.807) is 17.0 Å². The SMILES string of the molecule is C=CCOc1ccccc1[C@H]1CC(=O)Nc2c1c(C)nn2-c1nncc(-c2ccccc2)n1. The van der Waals surface area contributed by atoms with Crippen molar-refractivity contribution < 1.29 is 9.53 Å². The monoisotopic (exact) mass is 438 g/mol. The zero-order chi connectivity index (χ0) is 22.8. The van der Waals surface area contributed by atoms with E-state index >= 15 is 0 Å². The van der Waals surface area contributed by atoms with Crippen molar-refractivity contribution >= 4 is 11.7 Å². The van der Waals surface area contributed by atoms with E-state index in [9.17, 15) is 4.79 Å². The molecule has 8 heteroatoms. The molecule has 1 atom stereocenters. The van der Waals surface area contributed by atoms with E-state index in [4.69, 9.17) is 4.74 Å². The lowest BCUT2D eigenvalue weighted by Crippen LogP contribution is -2.25. The standard InChI is InChI=1S/C25H22N6O2/c1-3-13-33-21-12-8-7-11-18(21)19-14-22(32)28-24-23(19)16(2)30-31(24)25-27-20(15-26-29-25)17-9-5-4-6-10-17/h3-12,15,19H,1,13-14H2,2H3,(H,28,32)/t19-/m1/s1. The highest BCUT2D eigenvalue weighted by molar-refractivity contribution is 5.95. The number of nitrogens with one attached hydrogen (secondary N) is 1. The first-order valence-electron chi connectivity index (χ1n) is 10.6. The van der Waals surface area contributed by atoms with E-state index in [0.29, 0.717) is 18.1 Å². The maximum absolute atomic E-state index is 12.8. The molecule has 0 bridgehead atoms. The van der Waals surface area contributed by atoms with E-state index in [2.05, 4.69) is 32.2 Å². The Kier molecular flexibility index (Phi) is 5.40. The molecule has 0 aliphatic carbocycles. The highest BCUT2D eigenvalue weighted by Gasteiger charge is 2.34. The van der Waals surface area contributed by atoms with Gasteiger partial charge in [-0.25, -0.2) is 4.98 Å². The number of hydrogen-bond acceptors (Lipinski definition) is 6. The number of para-hydroxylation sites is 1. The summed E-state index contributed by atoms with van der Waals surface area (Å²) in [7, 11) is 0. The lowest BCUT2D eigenvalue weighted by molar-refractivity contribution is -0.116. The molecular formula is C25H22N6O2. The van der Waals surface area contributed by atoms with Gasteiger partial charge in [0.2, 0.25) is 5.91 Å². The van der Waals surface area contributed by atoms with Gasteiger partial charge in [0.05, 0.1) is 17.6 Å². The van der Waals surface area contributed by atoms with Crippen LogP contribution in [0.4, 0.5) is 5.82 Å². The maximum atomic E-state index is 12.8. The fourth-order valence-corrected chi connectivity index (χ4v) is 4.14. The van der Waals surface area contributed by atoms with Crippen LogP contribution in [0, 0.1) is 6.92 Å². The topological polar surface area (TPSA) is 94.8 Å². The fourth-order valence-electron chi connectivity index (χ4n) is 4.14. The van der Waals surface area contributed by atoms with Crippen LogP contribution in [-0.4, -0.2) is 37.5 Å². The minimum Gasteiger partial charge on any atom is -0.489 e. The molecule has 0 saturated carbocycles. The molecule has 2 aromatic heterocycles. The Morgan fingerprint density at radius 3 is 2.79 bits per heavy atom. The molecule has 0 spiro atoms. The number of ether oxygens (including phenoxy) is 1. The van der Waals surface area contributed by atoms with Crippen LogP contribution >= 0.6 is 0 Å². The molecule has 3 heterocycles. The number of anilines is 1. The molecule has 0 saturated heterocycles. The van der Waals surface area contributed by atoms with Crippen molar-refractivity contribution in [3.63, 3.8) is 0 Å². The smallest absolute Gasteiger partial charge is 0.272 e. The number of carbonyl (C=O) groups is 1. The number of benzene rings is 2. The van der Waals surface area contributed by atoms with E-state index in [1.165, 1.54) is 0 Å². The minimum atomic E-state index is -0.214. The van der Waals surface area contributed by atoms with Crippen LogP contribution < -0.4 is 10.1 Å². The molecule has 0 unspecified atom stereocenters. The minimum absolute atomic E-state index is 0.112. The second-order valence-corrected chi connectivity index (χ2v) is 7.71. The summed E-state index contributed by atoms with van der Waals surface area (Å²) in [6, 6.07) is 17.5. The summed E-state index contributed by atoms with van der Waals surface area (Å²) in [5.41, 5.74) is 4.21. The van der Waals surface area contributed by atoms with Crippen LogP contribution in [-0.2, 0) is 4.79 Å². The van der Waals surface area contributed by atoms with Gasteiger partial charge in [-0.3, -0.25) is 4.79 Å². The van der Waals surface area contributed by atoms with Crippen LogP contribution in [0.1, 0.15) is 29.2 Å². The summed E-state index contributed by atoms with van der Waals surface area (Å²) in [5.74, 6) is 1.24. The molecule has 164 valence electrons. The summed E-state index contributed by atoms with van der Waals surface area (Å²) in [6.45, 7) is 6.02. The molecule has 1 N–H and O–H groups in total. The summed E-state index contributed by atoms with van der Waals surface area (Å²) in [5, 5.41) is 16.0. The van der Waals surface area contributed by atoms with Crippen LogP contribution in [0.2, 0.25) is 0 Å². The molecule has 1 amide bonds. The fraction of sp³-hybridized carbons (Fsp3) is 0.160. The van der Waals surface area contributed by atoms with Gasteiger partial charge >= 0.3 is 0 Å². The van der Waals surface area contributed by atoms with Crippen molar-refractivity contribution in [2.75, 3.05) is 11.9 Å². The van der Waals surface area contributed by atoms with E-state index in [-0.39, 0.29) is 24.2 Å². The third-order valence-corrected chi connectivity index (χ3v) is 5.56. The molecule has 0 radical (unpaired) electrons. The van der Waals surface area contributed by atoms with Crippen LogP contribution in [0.15, 0.2) is 73.4 Å². The normalized spacial score (nSPS) is 14.9. The lowest BCUT2D eigenvalue weighted by atomic mass is 9.85. The molecule has 2 aromatic carbocycles. The highest BCUT2D eigenvalue weighted by atomic mass is 16.5. The number of aromatic nitrogens is 5. The van der Waals surface area contributed by atoms with Gasteiger partial charge in [-0.15, -0.1) is 5.10 Å². The highest BCUT2D eigenvalue weighted by Crippen LogP contribution is 2.42. The zero-order valence-corrected chi connectivity index (χ0v) is 18.1. The Bertz CT molecular complexity index is 1330. The van der Waals surface area contributed by atoms with Gasteiger partial charge in [0.25, 0.3) is 5.95 Å². The number of hydrogen-bond donors (Lipinski definition) is 1. The van der Waals surface area contributed by atoms with Crippen molar-refractivity contribution in [3.8, 4) is 23.0 Å². The molecule has 1 aliphatic heterocycles.